The number of thiophene rings is 1. The SMILES string of the molecule is Nc1nsc(-c2cc3ccc(F)cc3s2)n1. The molecule has 0 unspecified atom stereocenters. The van der Waals surface area contributed by atoms with Crippen LogP contribution in [0.3, 0.4) is 0 Å². The monoisotopic (exact) mass is 251 g/mol. The highest BCUT2D eigenvalue weighted by molar-refractivity contribution is 7.24. The summed E-state index contributed by atoms with van der Waals surface area (Å²) in [5.41, 5.74) is 5.47. The number of rotatable bonds is 1. The summed E-state index contributed by atoms with van der Waals surface area (Å²) in [6.45, 7) is 0. The van der Waals surface area contributed by atoms with Crippen molar-refractivity contribution >= 4 is 38.9 Å². The Labute approximate surface area is 98.5 Å². The van der Waals surface area contributed by atoms with Gasteiger partial charge in [0.1, 0.15) is 5.82 Å². The Balaban J connectivity index is 2.18. The van der Waals surface area contributed by atoms with Crippen LogP contribution in [-0.4, -0.2) is 9.36 Å². The first-order valence-electron chi connectivity index (χ1n) is 4.51. The van der Waals surface area contributed by atoms with Crippen LogP contribution in [0.2, 0.25) is 0 Å². The molecule has 0 bridgehead atoms. The van der Waals surface area contributed by atoms with Gasteiger partial charge in [0.2, 0.25) is 5.95 Å². The maximum Gasteiger partial charge on any atom is 0.232 e. The molecule has 0 fully saturated rings. The summed E-state index contributed by atoms with van der Waals surface area (Å²) < 4.78 is 17.8. The van der Waals surface area contributed by atoms with E-state index in [0.29, 0.717) is 0 Å². The van der Waals surface area contributed by atoms with Gasteiger partial charge < -0.3 is 5.73 Å². The van der Waals surface area contributed by atoms with Gasteiger partial charge in [-0.2, -0.15) is 9.36 Å². The standard InChI is InChI=1S/C10H6FN3S2/c11-6-2-1-5-3-8(15-7(5)4-6)9-13-10(12)14-16-9/h1-4H,(H2,12,14). The molecule has 3 rings (SSSR count). The van der Waals surface area contributed by atoms with Crippen molar-refractivity contribution in [1.29, 1.82) is 0 Å². The van der Waals surface area contributed by atoms with E-state index in [-0.39, 0.29) is 11.8 Å². The zero-order valence-electron chi connectivity index (χ0n) is 7.98. The van der Waals surface area contributed by atoms with Crippen LogP contribution >= 0.6 is 22.9 Å². The number of nitrogen functional groups attached to an aromatic ring is 1. The van der Waals surface area contributed by atoms with Gasteiger partial charge >= 0.3 is 0 Å². The third-order valence-corrected chi connectivity index (χ3v) is 4.13. The predicted molar refractivity (Wildman–Crippen MR) is 65.1 cm³/mol. The van der Waals surface area contributed by atoms with Gasteiger partial charge in [0.05, 0.1) is 4.88 Å². The minimum atomic E-state index is -0.224. The van der Waals surface area contributed by atoms with E-state index in [1.165, 1.54) is 35.0 Å². The van der Waals surface area contributed by atoms with Crippen LogP contribution in [-0.2, 0) is 0 Å². The van der Waals surface area contributed by atoms with E-state index in [9.17, 15) is 4.39 Å². The fourth-order valence-electron chi connectivity index (χ4n) is 1.45. The molecule has 3 nitrogen and oxygen atoms in total. The lowest BCUT2D eigenvalue weighted by atomic mass is 10.2. The second-order valence-electron chi connectivity index (χ2n) is 3.25. The van der Waals surface area contributed by atoms with Gasteiger partial charge in [-0.1, -0.05) is 6.07 Å². The highest BCUT2D eigenvalue weighted by Gasteiger charge is 2.09. The molecule has 0 atom stereocenters. The van der Waals surface area contributed by atoms with E-state index < -0.39 is 0 Å². The quantitative estimate of drug-likeness (QED) is 0.722. The van der Waals surface area contributed by atoms with Crippen molar-refractivity contribution in [1.82, 2.24) is 9.36 Å². The van der Waals surface area contributed by atoms with Gasteiger partial charge in [0.15, 0.2) is 5.01 Å². The van der Waals surface area contributed by atoms with Gasteiger partial charge in [-0.15, -0.1) is 11.3 Å². The molecule has 3 aromatic rings. The normalized spacial score (nSPS) is 11.1. The zero-order valence-corrected chi connectivity index (χ0v) is 9.61. The first-order valence-corrected chi connectivity index (χ1v) is 6.10. The topological polar surface area (TPSA) is 51.8 Å². The molecular weight excluding hydrogens is 245 g/mol. The Bertz CT molecular complexity index is 659. The maximum atomic E-state index is 13.0. The molecule has 0 saturated heterocycles. The number of nitrogens with zero attached hydrogens (tertiary/aromatic N) is 2. The van der Waals surface area contributed by atoms with Gasteiger partial charge in [-0.25, -0.2) is 4.39 Å². The number of halogens is 1. The third kappa shape index (κ3) is 1.56. The third-order valence-electron chi connectivity index (χ3n) is 2.13. The Morgan fingerprint density at radius 2 is 2.12 bits per heavy atom. The Morgan fingerprint density at radius 1 is 1.25 bits per heavy atom. The Kier molecular flexibility index (Phi) is 2.12. The van der Waals surface area contributed by atoms with E-state index in [1.807, 2.05) is 6.07 Å². The molecule has 0 spiro atoms. The van der Waals surface area contributed by atoms with E-state index in [4.69, 9.17) is 5.73 Å². The minimum Gasteiger partial charge on any atom is -0.367 e. The summed E-state index contributed by atoms with van der Waals surface area (Å²) in [6.07, 6.45) is 0. The molecule has 0 amide bonds. The number of fused-ring (bicyclic) bond motifs is 1. The number of hydrogen-bond acceptors (Lipinski definition) is 5. The average molecular weight is 251 g/mol. The van der Waals surface area contributed by atoms with Crippen molar-refractivity contribution in [2.75, 3.05) is 5.73 Å². The number of anilines is 1. The van der Waals surface area contributed by atoms with Crippen molar-refractivity contribution in [3.63, 3.8) is 0 Å². The summed E-state index contributed by atoms with van der Waals surface area (Å²) in [5.74, 6) is 0.0568. The first-order chi connectivity index (χ1) is 7.72. The van der Waals surface area contributed by atoms with E-state index >= 15 is 0 Å². The first kappa shape index (κ1) is 9.68. The molecule has 0 saturated carbocycles. The minimum absolute atomic E-state index is 0.224. The molecule has 1 aromatic carbocycles. The molecule has 80 valence electrons. The number of aromatic nitrogens is 2. The Hall–Kier alpha value is -1.53. The molecule has 6 heteroatoms. The molecule has 0 aliphatic carbocycles. The molecule has 0 radical (unpaired) electrons. The average Bonchev–Trinajstić information content (AvgIpc) is 2.83. The van der Waals surface area contributed by atoms with Crippen LogP contribution in [0.25, 0.3) is 20.0 Å². The summed E-state index contributed by atoms with van der Waals surface area (Å²) in [7, 11) is 0. The van der Waals surface area contributed by atoms with Crippen LogP contribution in [0, 0.1) is 5.82 Å². The zero-order chi connectivity index (χ0) is 11.1. The smallest absolute Gasteiger partial charge is 0.232 e. The largest absolute Gasteiger partial charge is 0.367 e. The molecule has 16 heavy (non-hydrogen) atoms. The lowest BCUT2D eigenvalue weighted by molar-refractivity contribution is 0.630. The second-order valence-corrected chi connectivity index (χ2v) is 5.09. The summed E-state index contributed by atoms with van der Waals surface area (Å²) in [4.78, 5) is 5.07. The predicted octanol–water partition coefficient (Wildman–Crippen LogP) is 3.14. The molecular formula is C10H6FN3S2. The number of hydrogen-bond donors (Lipinski definition) is 1. The van der Waals surface area contributed by atoms with E-state index in [0.717, 1.165) is 20.0 Å². The van der Waals surface area contributed by atoms with Gasteiger partial charge in [-0.05, 0) is 35.1 Å². The highest BCUT2D eigenvalue weighted by atomic mass is 32.1. The van der Waals surface area contributed by atoms with E-state index in [2.05, 4.69) is 9.36 Å². The highest BCUT2D eigenvalue weighted by Crippen LogP contribution is 2.34. The molecule has 2 aromatic heterocycles. The van der Waals surface area contributed by atoms with Crippen molar-refractivity contribution in [2.24, 2.45) is 0 Å². The lowest BCUT2D eigenvalue weighted by Gasteiger charge is -1.86. The van der Waals surface area contributed by atoms with Crippen LogP contribution in [0.5, 0.6) is 0 Å². The van der Waals surface area contributed by atoms with Crippen LogP contribution < -0.4 is 5.73 Å². The molecule has 2 heterocycles. The van der Waals surface area contributed by atoms with Gasteiger partial charge in [-0.3, -0.25) is 0 Å². The van der Waals surface area contributed by atoms with Crippen LogP contribution in [0.15, 0.2) is 24.3 Å². The fourth-order valence-corrected chi connectivity index (χ4v) is 3.16. The summed E-state index contributed by atoms with van der Waals surface area (Å²) in [6, 6.07) is 6.70. The van der Waals surface area contributed by atoms with Crippen LogP contribution in [0.4, 0.5) is 10.3 Å². The summed E-state index contributed by atoms with van der Waals surface area (Å²) in [5, 5.41) is 1.79. The fraction of sp³-hybridized carbons (Fsp3) is 0. The molecule has 2 N–H and O–H groups in total. The van der Waals surface area contributed by atoms with Crippen molar-refractivity contribution in [2.45, 2.75) is 0 Å². The van der Waals surface area contributed by atoms with Crippen LogP contribution in [0.1, 0.15) is 0 Å². The van der Waals surface area contributed by atoms with Crippen molar-refractivity contribution < 1.29 is 4.39 Å². The second kappa shape index (κ2) is 3.50. The molecule has 0 aliphatic rings. The Morgan fingerprint density at radius 3 is 2.88 bits per heavy atom. The number of benzene rings is 1. The van der Waals surface area contributed by atoms with Gasteiger partial charge in [0.25, 0.3) is 0 Å². The van der Waals surface area contributed by atoms with E-state index in [1.54, 1.807) is 6.07 Å². The number of nitrogens with two attached hydrogens (primary N) is 1. The van der Waals surface area contributed by atoms with Gasteiger partial charge in [0, 0.05) is 4.70 Å². The van der Waals surface area contributed by atoms with Crippen molar-refractivity contribution in [3.8, 4) is 9.88 Å². The molecule has 0 aliphatic heterocycles. The summed E-state index contributed by atoms with van der Waals surface area (Å²) >= 11 is 2.74. The van der Waals surface area contributed by atoms with Crippen molar-refractivity contribution in [3.05, 3.63) is 30.1 Å². The maximum absolute atomic E-state index is 13.0. The lowest BCUT2D eigenvalue weighted by Crippen LogP contribution is -1.84.